The Hall–Kier alpha value is -1.65. The smallest absolute Gasteiger partial charge is 0.138 e. The number of hydrogen-bond donors (Lipinski definition) is 1. The predicted molar refractivity (Wildman–Crippen MR) is 82.0 cm³/mol. The Morgan fingerprint density at radius 1 is 1.29 bits per heavy atom. The van der Waals surface area contributed by atoms with Crippen molar-refractivity contribution in [2.24, 2.45) is 0 Å². The zero-order chi connectivity index (χ0) is 15.1. The Morgan fingerprint density at radius 2 is 2.14 bits per heavy atom. The average Bonchev–Trinajstić information content (AvgIpc) is 2.48. The number of halogens is 2. The summed E-state index contributed by atoms with van der Waals surface area (Å²) in [5.74, 6) is 0.249. The largest absolute Gasteiger partial charge is 0.487 e. The average molecular weight is 309 g/mol. The third-order valence-corrected chi connectivity index (χ3v) is 3.18. The highest BCUT2D eigenvalue weighted by Gasteiger charge is 2.04. The molecule has 0 aliphatic heterocycles. The number of benzene rings is 1. The molecule has 0 fully saturated rings. The van der Waals surface area contributed by atoms with Crippen LogP contribution in [0.5, 0.6) is 5.75 Å². The lowest BCUT2D eigenvalue weighted by molar-refractivity contribution is 0.298. The van der Waals surface area contributed by atoms with Gasteiger partial charge >= 0.3 is 0 Å². The molecule has 112 valence electrons. The molecule has 1 aromatic carbocycles. The van der Waals surface area contributed by atoms with Gasteiger partial charge in [0.25, 0.3) is 0 Å². The van der Waals surface area contributed by atoms with Crippen molar-refractivity contribution in [3.05, 3.63) is 58.6 Å². The van der Waals surface area contributed by atoms with E-state index in [1.807, 2.05) is 12.1 Å². The molecule has 2 rings (SSSR count). The summed E-state index contributed by atoms with van der Waals surface area (Å²) in [6, 6.07) is 8.28. The van der Waals surface area contributed by atoms with Crippen LogP contribution in [0.3, 0.4) is 0 Å². The van der Waals surface area contributed by atoms with E-state index in [9.17, 15) is 4.39 Å². The van der Waals surface area contributed by atoms with Crippen LogP contribution in [0, 0.1) is 5.82 Å². The van der Waals surface area contributed by atoms with E-state index < -0.39 is 0 Å². The molecule has 0 spiro atoms. The van der Waals surface area contributed by atoms with Crippen LogP contribution < -0.4 is 10.1 Å². The first-order valence-corrected chi connectivity index (χ1v) is 7.29. The summed E-state index contributed by atoms with van der Waals surface area (Å²) in [5.41, 5.74) is 1.42. The van der Waals surface area contributed by atoms with E-state index in [4.69, 9.17) is 16.3 Å². The molecule has 0 atom stereocenters. The summed E-state index contributed by atoms with van der Waals surface area (Å²) in [4.78, 5) is 4.30. The van der Waals surface area contributed by atoms with Crippen LogP contribution in [-0.4, -0.2) is 11.5 Å². The minimum absolute atomic E-state index is 0.151. The Bertz CT molecular complexity index is 575. The van der Waals surface area contributed by atoms with Crippen molar-refractivity contribution in [3.8, 4) is 5.75 Å². The standard InChI is InChI=1S/C16H18ClFN2O/c1-2-7-19-9-14-5-6-15(10-20-14)21-11-12-3-4-13(17)8-16(12)18/h3-6,8,10,19H,2,7,9,11H2,1H3. The van der Waals surface area contributed by atoms with E-state index in [0.29, 0.717) is 16.3 Å². The fourth-order valence-electron chi connectivity index (χ4n) is 1.79. The molecule has 2 aromatic rings. The molecule has 0 unspecified atom stereocenters. The highest BCUT2D eigenvalue weighted by molar-refractivity contribution is 6.30. The topological polar surface area (TPSA) is 34.1 Å². The lowest BCUT2D eigenvalue weighted by Crippen LogP contribution is -2.14. The van der Waals surface area contributed by atoms with Gasteiger partial charge in [-0.2, -0.15) is 0 Å². The molecule has 0 saturated carbocycles. The Balaban J connectivity index is 1.88. The van der Waals surface area contributed by atoms with Crippen LogP contribution >= 0.6 is 11.6 Å². The van der Waals surface area contributed by atoms with Gasteiger partial charge in [0.15, 0.2) is 0 Å². The quantitative estimate of drug-likeness (QED) is 0.786. The van der Waals surface area contributed by atoms with E-state index in [2.05, 4.69) is 17.2 Å². The molecule has 0 saturated heterocycles. The number of aromatic nitrogens is 1. The number of hydrogen-bond acceptors (Lipinski definition) is 3. The van der Waals surface area contributed by atoms with Crippen LogP contribution in [0.1, 0.15) is 24.6 Å². The van der Waals surface area contributed by atoms with Crippen molar-refractivity contribution in [1.82, 2.24) is 10.3 Å². The van der Waals surface area contributed by atoms with Gasteiger partial charge in [0, 0.05) is 17.1 Å². The molecule has 0 bridgehead atoms. The summed E-state index contributed by atoms with van der Waals surface area (Å²) in [7, 11) is 0. The molecular weight excluding hydrogens is 291 g/mol. The number of pyridine rings is 1. The van der Waals surface area contributed by atoms with Crippen LogP contribution in [0.15, 0.2) is 36.5 Å². The van der Waals surface area contributed by atoms with Gasteiger partial charge in [-0.05, 0) is 37.2 Å². The van der Waals surface area contributed by atoms with E-state index in [1.165, 1.54) is 6.07 Å². The van der Waals surface area contributed by atoms with Gasteiger partial charge in [-0.15, -0.1) is 0 Å². The van der Waals surface area contributed by atoms with Gasteiger partial charge in [-0.25, -0.2) is 4.39 Å². The molecule has 5 heteroatoms. The number of ether oxygens (including phenoxy) is 1. The zero-order valence-electron chi connectivity index (χ0n) is 11.9. The van der Waals surface area contributed by atoms with Crippen molar-refractivity contribution in [2.75, 3.05) is 6.54 Å². The van der Waals surface area contributed by atoms with Gasteiger partial charge in [0.2, 0.25) is 0 Å². The zero-order valence-corrected chi connectivity index (χ0v) is 12.7. The first-order valence-electron chi connectivity index (χ1n) is 6.91. The maximum atomic E-state index is 13.6. The third-order valence-electron chi connectivity index (χ3n) is 2.94. The summed E-state index contributed by atoms with van der Waals surface area (Å²) in [5, 5.41) is 3.65. The highest BCUT2D eigenvalue weighted by atomic mass is 35.5. The second-order valence-corrected chi connectivity index (χ2v) is 5.12. The number of nitrogens with one attached hydrogen (secondary N) is 1. The fraction of sp³-hybridized carbons (Fsp3) is 0.312. The molecule has 0 radical (unpaired) electrons. The van der Waals surface area contributed by atoms with E-state index in [0.717, 1.165) is 25.2 Å². The van der Waals surface area contributed by atoms with Crippen LogP contribution in [-0.2, 0) is 13.2 Å². The molecule has 0 aliphatic rings. The summed E-state index contributed by atoms with van der Waals surface area (Å²) in [6.07, 6.45) is 2.74. The fourth-order valence-corrected chi connectivity index (χ4v) is 1.95. The van der Waals surface area contributed by atoms with E-state index in [-0.39, 0.29) is 12.4 Å². The molecule has 1 N–H and O–H groups in total. The minimum atomic E-state index is -0.365. The summed E-state index contributed by atoms with van der Waals surface area (Å²) < 4.78 is 19.1. The second kappa shape index (κ2) is 7.96. The molecule has 21 heavy (non-hydrogen) atoms. The number of nitrogens with zero attached hydrogens (tertiary/aromatic N) is 1. The lowest BCUT2D eigenvalue weighted by Gasteiger charge is -2.08. The van der Waals surface area contributed by atoms with Gasteiger partial charge in [-0.3, -0.25) is 4.98 Å². The maximum Gasteiger partial charge on any atom is 0.138 e. The van der Waals surface area contributed by atoms with E-state index >= 15 is 0 Å². The SMILES string of the molecule is CCCNCc1ccc(OCc2ccc(Cl)cc2F)cn1. The van der Waals surface area contributed by atoms with Crippen molar-refractivity contribution in [2.45, 2.75) is 26.5 Å². The first kappa shape index (κ1) is 15.7. The van der Waals surface area contributed by atoms with Crippen molar-refractivity contribution < 1.29 is 9.13 Å². The monoisotopic (exact) mass is 308 g/mol. The molecule has 1 aromatic heterocycles. The van der Waals surface area contributed by atoms with Gasteiger partial charge in [0.1, 0.15) is 18.2 Å². The maximum absolute atomic E-state index is 13.6. The van der Waals surface area contributed by atoms with Crippen molar-refractivity contribution in [3.63, 3.8) is 0 Å². The van der Waals surface area contributed by atoms with Crippen LogP contribution in [0.25, 0.3) is 0 Å². The van der Waals surface area contributed by atoms with Gasteiger partial charge in [-0.1, -0.05) is 24.6 Å². The molecule has 1 heterocycles. The molecular formula is C16H18ClFN2O. The highest BCUT2D eigenvalue weighted by Crippen LogP contribution is 2.17. The molecule has 0 amide bonds. The Kier molecular flexibility index (Phi) is 5.96. The lowest BCUT2D eigenvalue weighted by atomic mass is 10.2. The predicted octanol–water partition coefficient (Wildman–Crippen LogP) is 3.95. The molecule has 0 aliphatic carbocycles. The van der Waals surface area contributed by atoms with Crippen LogP contribution in [0.2, 0.25) is 5.02 Å². The Labute approximate surface area is 129 Å². The summed E-state index contributed by atoms with van der Waals surface area (Å²) >= 11 is 5.71. The second-order valence-electron chi connectivity index (χ2n) is 4.69. The van der Waals surface area contributed by atoms with Crippen LogP contribution in [0.4, 0.5) is 4.39 Å². The third kappa shape index (κ3) is 4.99. The first-order chi connectivity index (χ1) is 10.2. The van der Waals surface area contributed by atoms with Crippen molar-refractivity contribution in [1.29, 1.82) is 0 Å². The Morgan fingerprint density at radius 3 is 2.81 bits per heavy atom. The van der Waals surface area contributed by atoms with E-state index in [1.54, 1.807) is 18.3 Å². The van der Waals surface area contributed by atoms with Gasteiger partial charge < -0.3 is 10.1 Å². The van der Waals surface area contributed by atoms with Gasteiger partial charge in [0.05, 0.1) is 11.9 Å². The molecule has 3 nitrogen and oxygen atoms in total. The summed E-state index contributed by atoms with van der Waals surface area (Å²) in [6.45, 7) is 3.97. The number of rotatable bonds is 7. The normalized spacial score (nSPS) is 10.6. The van der Waals surface area contributed by atoms with Crippen molar-refractivity contribution >= 4 is 11.6 Å². The minimum Gasteiger partial charge on any atom is -0.487 e.